The van der Waals surface area contributed by atoms with Crippen LogP contribution in [0.4, 0.5) is 5.69 Å². The monoisotopic (exact) mass is 442 g/mol. The summed E-state index contributed by atoms with van der Waals surface area (Å²) >= 11 is 0. The first-order chi connectivity index (χ1) is 16.2. The molecule has 0 bridgehead atoms. The number of benzene rings is 3. The summed E-state index contributed by atoms with van der Waals surface area (Å²) in [5.74, 6) is 1.52. The van der Waals surface area contributed by atoms with Crippen LogP contribution in [0.15, 0.2) is 66.7 Å². The fourth-order valence-electron chi connectivity index (χ4n) is 5.16. The predicted octanol–water partition coefficient (Wildman–Crippen LogP) is 5.47. The molecular formula is C28H30N2O3. The highest BCUT2D eigenvalue weighted by atomic mass is 16.5. The maximum absolute atomic E-state index is 13.0. The Morgan fingerprint density at radius 3 is 2.21 bits per heavy atom. The van der Waals surface area contributed by atoms with Crippen molar-refractivity contribution in [2.24, 2.45) is 0 Å². The number of amides is 1. The van der Waals surface area contributed by atoms with Crippen LogP contribution in [0.3, 0.4) is 0 Å². The highest BCUT2D eigenvalue weighted by molar-refractivity contribution is 6.02. The minimum absolute atomic E-state index is 0.0485. The van der Waals surface area contributed by atoms with Gasteiger partial charge in [0, 0.05) is 43.1 Å². The van der Waals surface area contributed by atoms with Gasteiger partial charge in [0.05, 0.1) is 5.56 Å². The summed E-state index contributed by atoms with van der Waals surface area (Å²) in [6.07, 6.45) is 2.56. The summed E-state index contributed by atoms with van der Waals surface area (Å²) in [5.41, 5.74) is 4.03. The molecule has 3 aliphatic heterocycles. The van der Waals surface area contributed by atoms with Gasteiger partial charge in [0.15, 0.2) is 0 Å². The molecular weight excluding hydrogens is 412 g/mol. The van der Waals surface area contributed by atoms with Gasteiger partial charge in [-0.2, -0.15) is 0 Å². The van der Waals surface area contributed by atoms with E-state index in [1.54, 1.807) is 0 Å². The second kappa shape index (κ2) is 8.91. The molecule has 0 saturated carbocycles. The summed E-state index contributed by atoms with van der Waals surface area (Å²) < 4.78 is 11.3. The third-order valence-corrected chi connectivity index (χ3v) is 6.70. The summed E-state index contributed by atoms with van der Waals surface area (Å²) in [6.45, 7) is 8.04. The number of nitrogens with one attached hydrogen (secondary N) is 1. The van der Waals surface area contributed by atoms with Crippen LogP contribution in [-0.2, 0) is 10.3 Å². The molecule has 5 heteroatoms. The zero-order valence-electron chi connectivity index (χ0n) is 19.3. The van der Waals surface area contributed by atoms with Gasteiger partial charge in [-0.1, -0.05) is 42.5 Å². The number of ether oxygens (including phenoxy) is 2. The van der Waals surface area contributed by atoms with Crippen LogP contribution in [0.5, 0.6) is 11.5 Å². The Hall–Kier alpha value is -3.31. The number of hydrogen-bond donors (Lipinski definition) is 1. The SMILES string of the molecule is C1CCOC1.CCN(CC)c1cccc2c1C1(NC(=O)c3ccccc31)c1ccccc1O2. The lowest BCUT2D eigenvalue weighted by Crippen LogP contribution is -2.45. The van der Waals surface area contributed by atoms with Crippen molar-refractivity contribution in [1.82, 2.24) is 5.32 Å². The van der Waals surface area contributed by atoms with Gasteiger partial charge in [-0.3, -0.25) is 4.79 Å². The van der Waals surface area contributed by atoms with Crippen molar-refractivity contribution in [3.8, 4) is 11.5 Å². The molecule has 1 amide bonds. The van der Waals surface area contributed by atoms with Gasteiger partial charge in [-0.25, -0.2) is 0 Å². The van der Waals surface area contributed by atoms with Crippen LogP contribution in [-0.4, -0.2) is 32.2 Å². The van der Waals surface area contributed by atoms with E-state index in [9.17, 15) is 4.79 Å². The Bertz CT molecular complexity index is 1160. The van der Waals surface area contributed by atoms with Crippen molar-refractivity contribution in [2.45, 2.75) is 32.2 Å². The minimum Gasteiger partial charge on any atom is -0.456 e. The lowest BCUT2D eigenvalue weighted by Gasteiger charge is -2.41. The third-order valence-electron chi connectivity index (χ3n) is 6.70. The topological polar surface area (TPSA) is 50.8 Å². The van der Waals surface area contributed by atoms with Gasteiger partial charge >= 0.3 is 0 Å². The Labute approximate surface area is 195 Å². The van der Waals surface area contributed by atoms with Crippen LogP contribution in [0.1, 0.15) is 53.7 Å². The first kappa shape index (κ1) is 21.5. The molecule has 1 atom stereocenters. The molecule has 1 unspecified atom stereocenters. The average molecular weight is 443 g/mol. The molecule has 1 fully saturated rings. The molecule has 6 rings (SSSR count). The number of carbonyl (C=O) groups is 1. The van der Waals surface area contributed by atoms with Gasteiger partial charge in [-0.15, -0.1) is 0 Å². The normalized spacial score (nSPS) is 19.5. The first-order valence-electron chi connectivity index (χ1n) is 11.9. The molecule has 3 aliphatic rings. The maximum atomic E-state index is 13.0. The van der Waals surface area contributed by atoms with E-state index in [4.69, 9.17) is 9.47 Å². The van der Waals surface area contributed by atoms with Crippen LogP contribution in [0, 0.1) is 0 Å². The molecule has 0 radical (unpaired) electrons. The van der Waals surface area contributed by atoms with Crippen molar-refractivity contribution >= 4 is 11.6 Å². The number of anilines is 1. The van der Waals surface area contributed by atoms with Crippen molar-refractivity contribution < 1.29 is 14.3 Å². The van der Waals surface area contributed by atoms with Gasteiger partial charge in [0.1, 0.15) is 17.0 Å². The van der Waals surface area contributed by atoms with Crippen LogP contribution < -0.4 is 15.0 Å². The Kier molecular flexibility index (Phi) is 5.81. The summed E-state index contributed by atoms with van der Waals surface area (Å²) in [6, 6.07) is 22.0. The van der Waals surface area contributed by atoms with Crippen molar-refractivity contribution in [3.63, 3.8) is 0 Å². The number of carbonyl (C=O) groups excluding carboxylic acids is 1. The van der Waals surface area contributed by atoms with E-state index < -0.39 is 5.54 Å². The molecule has 5 nitrogen and oxygen atoms in total. The third kappa shape index (κ3) is 3.47. The fourth-order valence-corrected chi connectivity index (χ4v) is 5.16. The average Bonchev–Trinajstić information content (AvgIpc) is 3.52. The standard InChI is InChI=1S/C24H22N2O2.C4H8O/c1-3-26(4-2)19-13-9-15-21-22(19)24(18-12-7-8-14-20(18)28-21)17-11-6-5-10-16(17)23(27)25-24;1-2-4-5-3-1/h5-15H,3-4H2,1-2H3,(H,25,27);1-4H2. The van der Waals surface area contributed by atoms with E-state index in [1.807, 2.05) is 48.5 Å². The Balaban J connectivity index is 0.000000406. The van der Waals surface area contributed by atoms with E-state index >= 15 is 0 Å². The van der Waals surface area contributed by atoms with E-state index in [0.29, 0.717) is 0 Å². The quantitative estimate of drug-likeness (QED) is 0.584. The highest BCUT2D eigenvalue weighted by Crippen LogP contribution is 2.55. The predicted molar refractivity (Wildman–Crippen MR) is 130 cm³/mol. The van der Waals surface area contributed by atoms with E-state index in [-0.39, 0.29) is 5.91 Å². The Morgan fingerprint density at radius 2 is 1.52 bits per heavy atom. The zero-order chi connectivity index (χ0) is 22.8. The Morgan fingerprint density at radius 1 is 0.848 bits per heavy atom. The second-order valence-electron chi connectivity index (χ2n) is 8.49. The van der Waals surface area contributed by atoms with E-state index in [0.717, 1.165) is 65.7 Å². The molecule has 3 aromatic rings. The number of para-hydroxylation sites is 1. The molecule has 1 spiro atoms. The molecule has 1 N–H and O–H groups in total. The minimum atomic E-state index is -0.753. The molecule has 0 aromatic heterocycles. The number of fused-ring (bicyclic) bond motifs is 6. The van der Waals surface area contributed by atoms with Crippen molar-refractivity contribution in [2.75, 3.05) is 31.2 Å². The lowest BCUT2D eigenvalue weighted by molar-refractivity contribution is 0.0947. The largest absolute Gasteiger partial charge is 0.456 e. The molecule has 0 aliphatic carbocycles. The second-order valence-corrected chi connectivity index (χ2v) is 8.49. The first-order valence-corrected chi connectivity index (χ1v) is 11.9. The summed E-state index contributed by atoms with van der Waals surface area (Å²) in [7, 11) is 0. The smallest absolute Gasteiger partial charge is 0.252 e. The van der Waals surface area contributed by atoms with Gasteiger partial charge in [0.2, 0.25) is 0 Å². The maximum Gasteiger partial charge on any atom is 0.252 e. The van der Waals surface area contributed by atoms with Crippen LogP contribution >= 0.6 is 0 Å². The van der Waals surface area contributed by atoms with E-state index in [2.05, 4.69) is 42.3 Å². The molecule has 3 heterocycles. The summed E-state index contributed by atoms with van der Waals surface area (Å²) in [5, 5.41) is 3.34. The fraction of sp³-hybridized carbons (Fsp3) is 0.321. The van der Waals surface area contributed by atoms with Gasteiger partial charge < -0.3 is 19.7 Å². The highest BCUT2D eigenvalue weighted by Gasteiger charge is 2.52. The van der Waals surface area contributed by atoms with Crippen molar-refractivity contribution in [3.05, 3.63) is 89.0 Å². The van der Waals surface area contributed by atoms with E-state index in [1.165, 1.54) is 12.8 Å². The summed E-state index contributed by atoms with van der Waals surface area (Å²) in [4.78, 5) is 15.3. The van der Waals surface area contributed by atoms with Crippen LogP contribution in [0.25, 0.3) is 0 Å². The zero-order valence-corrected chi connectivity index (χ0v) is 19.3. The molecule has 170 valence electrons. The molecule has 3 aromatic carbocycles. The molecule has 33 heavy (non-hydrogen) atoms. The lowest BCUT2D eigenvalue weighted by atomic mass is 9.75. The van der Waals surface area contributed by atoms with Gasteiger partial charge in [0.25, 0.3) is 5.91 Å². The number of nitrogens with zero attached hydrogens (tertiary/aromatic N) is 1. The van der Waals surface area contributed by atoms with Crippen LogP contribution in [0.2, 0.25) is 0 Å². The molecule has 1 saturated heterocycles. The number of rotatable bonds is 3. The van der Waals surface area contributed by atoms with Crippen molar-refractivity contribution in [1.29, 1.82) is 0 Å². The number of hydrogen-bond acceptors (Lipinski definition) is 4. The van der Waals surface area contributed by atoms with Gasteiger partial charge in [-0.05, 0) is 56.5 Å².